The van der Waals surface area contributed by atoms with Crippen LogP contribution < -0.4 is 10.6 Å². The van der Waals surface area contributed by atoms with Crippen LogP contribution in [0.1, 0.15) is 22.8 Å². The van der Waals surface area contributed by atoms with Crippen molar-refractivity contribution >= 4 is 29.1 Å². The molecule has 0 saturated heterocycles. The minimum atomic E-state index is -0.683. The van der Waals surface area contributed by atoms with Gasteiger partial charge >= 0.3 is 5.97 Å². The zero-order chi connectivity index (χ0) is 29.4. The Hall–Kier alpha value is -5.97. The number of esters is 1. The highest BCUT2D eigenvalue weighted by Gasteiger charge is 2.25. The first-order valence-corrected chi connectivity index (χ1v) is 12.2. The zero-order valence-electron chi connectivity index (χ0n) is 21.6. The quantitative estimate of drug-likeness (QED) is 0.113. The molecular formula is C27H22N8O6. The first-order valence-electron chi connectivity index (χ1n) is 12.2. The molecule has 0 spiro atoms. The van der Waals surface area contributed by atoms with E-state index in [2.05, 4.69) is 25.6 Å². The van der Waals surface area contributed by atoms with Crippen molar-refractivity contribution in [3.8, 4) is 28.6 Å². The van der Waals surface area contributed by atoms with Crippen LogP contribution in [0, 0.1) is 31.6 Å². The third-order valence-corrected chi connectivity index (χ3v) is 5.70. The molecule has 2 aromatic heterocycles. The number of nitro groups is 2. The Morgan fingerprint density at radius 1 is 0.878 bits per heavy atom. The van der Waals surface area contributed by atoms with Crippen molar-refractivity contribution in [3.63, 3.8) is 0 Å². The number of hydrogen-bond acceptors (Lipinski definition) is 12. The molecule has 0 aliphatic carbocycles. The van der Waals surface area contributed by atoms with E-state index in [0.29, 0.717) is 35.6 Å². The second-order valence-corrected chi connectivity index (χ2v) is 8.35. The first kappa shape index (κ1) is 28.0. The summed E-state index contributed by atoms with van der Waals surface area (Å²) in [6.45, 7) is 2.39. The van der Waals surface area contributed by atoms with Gasteiger partial charge in [-0.2, -0.15) is 5.26 Å². The number of carbonyl (C=O) groups is 1. The van der Waals surface area contributed by atoms with Crippen molar-refractivity contribution in [1.82, 2.24) is 15.0 Å². The van der Waals surface area contributed by atoms with E-state index in [1.165, 1.54) is 36.4 Å². The summed E-state index contributed by atoms with van der Waals surface area (Å²) in [5, 5.41) is 37.3. The standard InChI is InChI=1S/C27H22N8O6/c1-2-41-26(36)23-24(18-5-3-17(15-28)4-6-18)32-27(33-25(23)19-7-9-20(10-8-19)34(37)38)30-14-13-29-22-12-11-21(16-31-22)35(39)40/h3-12,16H,2,13-14H2,1H3,(H,29,31)(H,30,32,33). The number of aromatic nitrogens is 3. The summed E-state index contributed by atoms with van der Waals surface area (Å²) >= 11 is 0. The highest BCUT2D eigenvalue weighted by Crippen LogP contribution is 2.33. The average molecular weight is 555 g/mol. The lowest BCUT2D eigenvalue weighted by atomic mass is 9.99. The third-order valence-electron chi connectivity index (χ3n) is 5.70. The number of non-ortho nitro benzene ring substituents is 1. The maximum absolute atomic E-state index is 13.2. The van der Waals surface area contributed by atoms with Gasteiger partial charge in [0.2, 0.25) is 5.95 Å². The number of rotatable bonds is 11. The molecule has 2 N–H and O–H groups in total. The molecule has 0 fully saturated rings. The lowest BCUT2D eigenvalue weighted by Crippen LogP contribution is -2.18. The number of nitro benzene ring substituents is 1. The van der Waals surface area contributed by atoms with Crippen LogP contribution >= 0.6 is 0 Å². The van der Waals surface area contributed by atoms with Gasteiger partial charge in [-0.1, -0.05) is 12.1 Å². The molecule has 4 rings (SSSR count). The molecule has 0 bridgehead atoms. The van der Waals surface area contributed by atoms with Crippen LogP contribution in [0.15, 0.2) is 66.9 Å². The van der Waals surface area contributed by atoms with Gasteiger partial charge in [0.05, 0.1) is 39.5 Å². The largest absolute Gasteiger partial charge is 0.462 e. The van der Waals surface area contributed by atoms with Crippen LogP contribution in [0.3, 0.4) is 0 Å². The summed E-state index contributed by atoms with van der Waals surface area (Å²) in [7, 11) is 0. The van der Waals surface area contributed by atoms with E-state index in [1.807, 2.05) is 6.07 Å². The van der Waals surface area contributed by atoms with E-state index >= 15 is 0 Å². The molecule has 14 nitrogen and oxygen atoms in total. The van der Waals surface area contributed by atoms with E-state index in [4.69, 9.17) is 4.74 Å². The molecule has 0 atom stereocenters. The van der Waals surface area contributed by atoms with Crippen molar-refractivity contribution in [1.29, 1.82) is 5.26 Å². The number of benzene rings is 2. The number of ether oxygens (including phenoxy) is 1. The molecule has 0 aliphatic rings. The Labute approximate surface area is 233 Å². The highest BCUT2D eigenvalue weighted by atomic mass is 16.6. The van der Waals surface area contributed by atoms with Gasteiger partial charge < -0.3 is 15.4 Å². The molecule has 4 aromatic rings. The van der Waals surface area contributed by atoms with Gasteiger partial charge in [0, 0.05) is 42.4 Å². The molecule has 0 unspecified atom stereocenters. The van der Waals surface area contributed by atoms with Crippen LogP contribution in [0.25, 0.3) is 22.5 Å². The number of hydrogen-bond donors (Lipinski definition) is 2. The predicted octanol–water partition coefficient (Wildman–Crippen LogP) is 4.59. The van der Waals surface area contributed by atoms with Crippen molar-refractivity contribution < 1.29 is 19.4 Å². The monoisotopic (exact) mass is 554 g/mol. The summed E-state index contributed by atoms with van der Waals surface area (Å²) in [4.78, 5) is 47.2. The van der Waals surface area contributed by atoms with Crippen LogP contribution in [0.2, 0.25) is 0 Å². The molecule has 2 aromatic carbocycles. The lowest BCUT2D eigenvalue weighted by Gasteiger charge is -2.16. The summed E-state index contributed by atoms with van der Waals surface area (Å²) in [6.07, 6.45) is 1.15. The molecule has 0 amide bonds. The molecule has 41 heavy (non-hydrogen) atoms. The number of nitrogens with one attached hydrogen (secondary N) is 2. The van der Waals surface area contributed by atoms with E-state index < -0.39 is 15.8 Å². The van der Waals surface area contributed by atoms with Crippen LogP contribution in [-0.4, -0.2) is 50.5 Å². The summed E-state index contributed by atoms with van der Waals surface area (Å²) in [5.74, 6) is -0.0947. The fourth-order valence-electron chi connectivity index (χ4n) is 3.76. The number of anilines is 2. The maximum Gasteiger partial charge on any atom is 0.342 e. The van der Waals surface area contributed by atoms with E-state index in [9.17, 15) is 30.3 Å². The van der Waals surface area contributed by atoms with Gasteiger partial charge in [0.25, 0.3) is 11.4 Å². The number of nitriles is 1. The number of pyridine rings is 1. The Morgan fingerprint density at radius 3 is 1.95 bits per heavy atom. The van der Waals surface area contributed by atoms with Crippen LogP contribution in [0.4, 0.5) is 23.1 Å². The normalized spacial score (nSPS) is 10.3. The van der Waals surface area contributed by atoms with Crippen molar-refractivity contribution in [2.24, 2.45) is 0 Å². The Balaban J connectivity index is 1.71. The lowest BCUT2D eigenvalue weighted by molar-refractivity contribution is -0.385. The van der Waals surface area contributed by atoms with Crippen LogP contribution in [-0.2, 0) is 4.74 Å². The van der Waals surface area contributed by atoms with Gasteiger partial charge in [-0.15, -0.1) is 0 Å². The molecule has 2 heterocycles. The Kier molecular flexibility index (Phi) is 8.70. The van der Waals surface area contributed by atoms with Crippen LogP contribution in [0.5, 0.6) is 0 Å². The predicted molar refractivity (Wildman–Crippen MR) is 148 cm³/mol. The Bertz CT molecular complexity index is 1620. The molecular weight excluding hydrogens is 532 g/mol. The van der Waals surface area contributed by atoms with Crippen molar-refractivity contribution in [2.75, 3.05) is 30.3 Å². The zero-order valence-corrected chi connectivity index (χ0v) is 21.6. The minimum Gasteiger partial charge on any atom is -0.462 e. The minimum absolute atomic E-state index is 0.0594. The van der Waals surface area contributed by atoms with E-state index in [0.717, 1.165) is 6.20 Å². The van der Waals surface area contributed by atoms with E-state index in [1.54, 1.807) is 31.2 Å². The smallest absolute Gasteiger partial charge is 0.342 e. The molecule has 206 valence electrons. The molecule has 0 radical (unpaired) electrons. The van der Waals surface area contributed by atoms with Crippen molar-refractivity contribution in [3.05, 3.63) is 98.2 Å². The summed E-state index contributed by atoms with van der Waals surface area (Å²) in [6, 6.07) is 16.9. The topological polar surface area (TPSA) is 199 Å². The van der Waals surface area contributed by atoms with Gasteiger partial charge in [0.1, 0.15) is 17.6 Å². The Morgan fingerprint density at radius 2 is 1.44 bits per heavy atom. The first-order chi connectivity index (χ1) is 19.8. The maximum atomic E-state index is 13.2. The molecule has 0 aliphatic heterocycles. The fraction of sp³-hybridized carbons (Fsp3) is 0.148. The van der Waals surface area contributed by atoms with E-state index in [-0.39, 0.29) is 40.9 Å². The average Bonchev–Trinajstić information content (AvgIpc) is 2.99. The van der Waals surface area contributed by atoms with Gasteiger partial charge in [-0.3, -0.25) is 20.2 Å². The van der Waals surface area contributed by atoms with Gasteiger partial charge in [0.15, 0.2) is 0 Å². The van der Waals surface area contributed by atoms with Gasteiger partial charge in [-0.05, 0) is 37.3 Å². The second kappa shape index (κ2) is 12.7. The van der Waals surface area contributed by atoms with Crippen molar-refractivity contribution in [2.45, 2.75) is 6.92 Å². The molecule has 0 saturated carbocycles. The number of carbonyl (C=O) groups excluding carboxylic acids is 1. The second-order valence-electron chi connectivity index (χ2n) is 8.35. The fourth-order valence-corrected chi connectivity index (χ4v) is 3.76. The summed E-state index contributed by atoms with van der Waals surface area (Å²) < 4.78 is 5.31. The number of nitrogens with zero attached hydrogens (tertiary/aromatic N) is 6. The summed E-state index contributed by atoms with van der Waals surface area (Å²) in [5.41, 5.74) is 1.60. The third kappa shape index (κ3) is 6.73. The SMILES string of the molecule is CCOC(=O)c1c(-c2ccc(C#N)cc2)nc(NCCNc2ccc([N+](=O)[O-])cn2)nc1-c1ccc([N+](=O)[O-])cc1. The van der Waals surface area contributed by atoms with Gasteiger partial charge in [-0.25, -0.2) is 19.7 Å². The highest BCUT2D eigenvalue weighted by molar-refractivity contribution is 6.02. The molecule has 14 heteroatoms.